The number of rotatable bonds is 6. The molecule has 3 aromatic rings. The summed E-state index contributed by atoms with van der Waals surface area (Å²) in [6.45, 7) is 0.297. The molecule has 8 nitrogen and oxygen atoms in total. The fourth-order valence-electron chi connectivity index (χ4n) is 2.02. The first-order valence-corrected chi connectivity index (χ1v) is 7.29. The third kappa shape index (κ3) is 4.08. The Kier molecular flexibility index (Phi) is 4.84. The number of anilines is 1. The topological polar surface area (TPSA) is 100 Å². The van der Waals surface area contributed by atoms with Gasteiger partial charge in [0.15, 0.2) is 11.5 Å². The molecule has 1 heterocycles. The second kappa shape index (κ2) is 7.39. The van der Waals surface area contributed by atoms with Gasteiger partial charge in [-0.2, -0.15) is 5.10 Å². The summed E-state index contributed by atoms with van der Waals surface area (Å²) < 4.78 is 24.0. The van der Waals surface area contributed by atoms with Crippen LogP contribution in [0.2, 0.25) is 0 Å². The molecule has 3 rings (SSSR count). The monoisotopic (exact) mass is 342 g/mol. The summed E-state index contributed by atoms with van der Waals surface area (Å²) in [5, 5.41) is 14.6. The Morgan fingerprint density at radius 3 is 2.68 bits per heavy atom. The highest BCUT2D eigenvalue weighted by Crippen LogP contribution is 2.28. The quantitative estimate of drug-likeness (QED) is 0.686. The standard InChI is InChI=1S/C16H15FN6O2/c1-24-15-8-12(9-19-23-16(18)20-21-22-23)4-7-14(15)25-10-11-2-5-13(17)6-3-11/h2-9H,10H2,1H3,(H2,18,20,22)/b19-9+. The zero-order valence-corrected chi connectivity index (χ0v) is 13.3. The molecule has 128 valence electrons. The number of methoxy groups -OCH3 is 1. The van der Waals surface area contributed by atoms with E-state index in [1.54, 1.807) is 43.7 Å². The maximum Gasteiger partial charge on any atom is 0.263 e. The number of aromatic nitrogens is 4. The van der Waals surface area contributed by atoms with Crippen molar-refractivity contribution in [2.45, 2.75) is 6.61 Å². The van der Waals surface area contributed by atoms with Gasteiger partial charge in [0, 0.05) is 0 Å². The fraction of sp³-hybridized carbons (Fsp3) is 0.125. The van der Waals surface area contributed by atoms with Crippen molar-refractivity contribution in [2.75, 3.05) is 12.8 Å². The van der Waals surface area contributed by atoms with Crippen LogP contribution >= 0.6 is 0 Å². The number of hydrogen-bond acceptors (Lipinski definition) is 7. The van der Waals surface area contributed by atoms with Gasteiger partial charge < -0.3 is 15.2 Å². The number of nitrogens with zero attached hydrogens (tertiary/aromatic N) is 5. The molecule has 0 aliphatic rings. The highest BCUT2D eigenvalue weighted by atomic mass is 19.1. The number of ether oxygens (including phenoxy) is 2. The SMILES string of the molecule is COc1cc(/C=N/n2nnnc2N)ccc1OCc1ccc(F)cc1. The van der Waals surface area contributed by atoms with Crippen LogP contribution in [0.4, 0.5) is 10.3 Å². The van der Waals surface area contributed by atoms with Gasteiger partial charge >= 0.3 is 0 Å². The number of hydrogen-bond donors (Lipinski definition) is 1. The van der Waals surface area contributed by atoms with Crippen molar-refractivity contribution < 1.29 is 13.9 Å². The Balaban J connectivity index is 1.72. The van der Waals surface area contributed by atoms with Gasteiger partial charge in [0.2, 0.25) is 0 Å². The number of halogens is 1. The average molecular weight is 342 g/mol. The van der Waals surface area contributed by atoms with Crippen LogP contribution in [0.15, 0.2) is 47.6 Å². The molecule has 2 aromatic carbocycles. The summed E-state index contributed by atoms with van der Waals surface area (Å²) in [6, 6.07) is 11.4. The lowest BCUT2D eigenvalue weighted by atomic mass is 10.2. The van der Waals surface area contributed by atoms with Crippen molar-refractivity contribution in [1.29, 1.82) is 0 Å². The van der Waals surface area contributed by atoms with E-state index >= 15 is 0 Å². The summed E-state index contributed by atoms with van der Waals surface area (Å²) in [5.74, 6) is 0.900. The molecule has 9 heteroatoms. The lowest BCUT2D eigenvalue weighted by molar-refractivity contribution is 0.284. The van der Waals surface area contributed by atoms with Crippen molar-refractivity contribution >= 4 is 12.2 Å². The number of nitrogens with two attached hydrogens (primary N) is 1. The third-order valence-corrected chi connectivity index (χ3v) is 3.29. The predicted octanol–water partition coefficient (Wildman–Crippen LogP) is 1.86. The smallest absolute Gasteiger partial charge is 0.263 e. The van der Waals surface area contributed by atoms with Crippen LogP contribution in [0.3, 0.4) is 0 Å². The molecule has 1 aromatic heterocycles. The molecule has 0 atom stereocenters. The molecule has 0 saturated carbocycles. The predicted molar refractivity (Wildman–Crippen MR) is 88.9 cm³/mol. The first kappa shape index (κ1) is 16.4. The van der Waals surface area contributed by atoms with E-state index < -0.39 is 0 Å². The van der Waals surface area contributed by atoms with Gasteiger partial charge in [-0.1, -0.05) is 22.0 Å². The van der Waals surface area contributed by atoms with Crippen LogP contribution in [-0.4, -0.2) is 33.6 Å². The molecule has 2 N–H and O–H groups in total. The largest absolute Gasteiger partial charge is 0.493 e. The molecular weight excluding hydrogens is 327 g/mol. The Bertz CT molecular complexity index is 879. The minimum atomic E-state index is -0.284. The Morgan fingerprint density at radius 1 is 1.20 bits per heavy atom. The van der Waals surface area contributed by atoms with E-state index in [-0.39, 0.29) is 11.8 Å². The molecule has 0 unspecified atom stereocenters. The van der Waals surface area contributed by atoms with Gasteiger partial charge in [-0.05, 0) is 51.9 Å². The zero-order valence-electron chi connectivity index (χ0n) is 13.3. The van der Waals surface area contributed by atoms with Gasteiger partial charge in [-0.3, -0.25) is 0 Å². The molecule has 0 amide bonds. The Morgan fingerprint density at radius 2 is 2.00 bits per heavy atom. The van der Waals surface area contributed by atoms with Gasteiger partial charge in [-0.25, -0.2) is 4.39 Å². The van der Waals surface area contributed by atoms with Crippen LogP contribution in [0.1, 0.15) is 11.1 Å². The number of nitrogen functional groups attached to an aromatic ring is 1. The van der Waals surface area contributed by atoms with Crippen molar-refractivity contribution in [1.82, 2.24) is 20.3 Å². The Hall–Kier alpha value is -3.49. The Labute approximate surface area is 142 Å². The molecule has 25 heavy (non-hydrogen) atoms. The van der Waals surface area contributed by atoms with Crippen LogP contribution in [0.5, 0.6) is 11.5 Å². The molecule has 0 aliphatic heterocycles. The summed E-state index contributed by atoms with van der Waals surface area (Å²) in [6.07, 6.45) is 1.54. The fourth-order valence-corrected chi connectivity index (χ4v) is 2.02. The van der Waals surface area contributed by atoms with E-state index in [0.717, 1.165) is 15.9 Å². The summed E-state index contributed by atoms with van der Waals surface area (Å²) in [4.78, 5) is 1.10. The minimum absolute atomic E-state index is 0.0856. The normalized spacial score (nSPS) is 11.0. The lowest BCUT2D eigenvalue weighted by Gasteiger charge is -2.11. The summed E-state index contributed by atoms with van der Waals surface area (Å²) in [7, 11) is 1.54. The minimum Gasteiger partial charge on any atom is -0.493 e. The first-order valence-electron chi connectivity index (χ1n) is 7.29. The molecule has 0 saturated heterocycles. The van der Waals surface area contributed by atoms with Gasteiger partial charge in [-0.15, -0.1) is 0 Å². The van der Waals surface area contributed by atoms with E-state index in [9.17, 15) is 4.39 Å². The highest BCUT2D eigenvalue weighted by molar-refractivity contribution is 5.80. The lowest BCUT2D eigenvalue weighted by Crippen LogP contribution is -2.00. The molecule has 0 fully saturated rings. The van der Waals surface area contributed by atoms with Gasteiger partial charge in [0.1, 0.15) is 12.4 Å². The maximum absolute atomic E-state index is 12.9. The maximum atomic E-state index is 12.9. The van der Waals surface area contributed by atoms with E-state index in [4.69, 9.17) is 15.2 Å². The average Bonchev–Trinajstić information content (AvgIpc) is 3.04. The summed E-state index contributed by atoms with van der Waals surface area (Å²) >= 11 is 0. The van der Waals surface area contributed by atoms with Crippen LogP contribution in [-0.2, 0) is 6.61 Å². The van der Waals surface area contributed by atoms with E-state index in [1.165, 1.54) is 12.1 Å². The van der Waals surface area contributed by atoms with Crippen molar-refractivity contribution in [3.05, 3.63) is 59.4 Å². The van der Waals surface area contributed by atoms with E-state index in [1.807, 2.05) is 0 Å². The van der Waals surface area contributed by atoms with Crippen LogP contribution in [0, 0.1) is 5.82 Å². The number of tetrazole rings is 1. The van der Waals surface area contributed by atoms with Crippen LogP contribution < -0.4 is 15.2 Å². The summed E-state index contributed by atoms with van der Waals surface area (Å²) in [5.41, 5.74) is 7.14. The first-order chi connectivity index (χ1) is 12.2. The molecular formula is C16H15FN6O2. The number of benzene rings is 2. The second-order valence-electron chi connectivity index (χ2n) is 5.00. The molecule has 0 bridgehead atoms. The molecule has 0 radical (unpaired) electrons. The molecule has 0 aliphatic carbocycles. The third-order valence-electron chi connectivity index (χ3n) is 3.29. The van der Waals surface area contributed by atoms with Gasteiger partial charge in [0.05, 0.1) is 13.3 Å². The van der Waals surface area contributed by atoms with Crippen molar-refractivity contribution in [3.8, 4) is 11.5 Å². The van der Waals surface area contributed by atoms with E-state index in [2.05, 4.69) is 20.6 Å². The zero-order chi connectivity index (χ0) is 17.6. The van der Waals surface area contributed by atoms with Gasteiger partial charge in [0.25, 0.3) is 5.95 Å². The highest BCUT2D eigenvalue weighted by Gasteiger charge is 2.06. The molecule has 0 spiro atoms. The van der Waals surface area contributed by atoms with E-state index in [0.29, 0.717) is 18.1 Å². The van der Waals surface area contributed by atoms with Crippen LogP contribution in [0.25, 0.3) is 0 Å². The van der Waals surface area contributed by atoms with Crippen molar-refractivity contribution in [3.63, 3.8) is 0 Å². The van der Waals surface area contributed by atoms with Crippen molar-refractivity contribution in [2.24, 2.45) is 5.10 Å². The second-order valence-corrected chi connectivity index (χ2v) is 5.00.